The lowest BCUT2D eigenvalue weighted by Gasteiger charge is -2.22. The zero-order valence-corrected chi connectivity index (χ0v) is 9.81. The van der Waals surface area contributed by atoms with E-state index < -0.39 is 24.2 Å². The summed E-state index contributed by atoms with van der Waals surface area (Å²) in [7, 11) is 0. The second-order valence-corrected chi connectivity index (χ2v) is 4.43. The van der Waals surface area contributed by atoms with Crippen LogP contribution in [0.1, 0.15) is 26.2 Å². The number of aliphatic hydroxyl groups is 1. The van der Waals surface area contributed by atoms with Gasteiger partial charge in [-0.3, -0.25) is 4.84 Å². The standard InChI is InChI=1S/C10H18N2O5/c1-10(16)3-2-5-12(6-4-10)9(15)11-17-7-8(13)14/h16H,2-7H2,1H3,(H,11,15)(H,13,14). The molecule has 98 valence electrons. The number of urea groups is 1. The maximum Gasteiger partial charge on any atom is 0.341 e. The number of nitrogens with zero attached hydrogens (tertiary/aromatic N) is 1. The molecule has 1 atom stereocenters. The third kappa shape index (κ3) is 5.01. The van der Waals surface area contributed by atoms with E-state index in [1.54, 1.807) is 6.92 Å². The molecule has 7 nitrogen and oxygen atoms in total. The van der Waals surface area contributed by atoms with Crippen molar-refractivity contribution in [3.8, 4) is 0 Å². The summed E-state index contributed by atoms with van der Waals surface area (Å²) in [5.74, 6) is -1.15. The molecule has 1 saturated heterocycles. The lowest BCUT2D eigenvalue weighted by Crippen LogP contribution is -2.41. The van der Waals surface area contributed by atoms with E-state index >= 15 is 0 Å². The number of rotatable bonds is 3. The first-order valence-electron chi connectivity index (χ1n) is 5.51. The van der Waals surface area contributed by atoms with Gasteiger partial charge in [0.15, 0.2) is 6.61 Å². The Bertz CT molecular complexity index is 292. The summed E-state index contributed by atoms with van der Waals surface area (Å²) in [6.45, 7) is 2.13. The first kappa shape index (κ1) is 13.7. The van der Waals surface area contributed by atoms with Crippen LogP contribution in [0.2, 0.25) is 0 Å². The number of likely N-dealkylation sites (tertiary alicyclic amines) is 1. The van der Waals surface area contributed by atoms with Crippen LogP contribution in [0.15, 0.2) is 0 Å². The molecule has 3 N–H and O–H groups in total. The summed E-state index contributed by atoms with van der Waals surface area (Å²) >= 11 is 0. The van der Waals surface area contributed by atoms with E-state index in [-0.39, 0.29) is 0 Å². The lowest BCUT2D eigenvalue weighted by atomic mass is 9.98. The summed E-state index contributed by atoms with van der Waals surface area (Å²) in [5, 5.41) is 18.2. The van der Waals surface area contributed by atoms with Crippen molar-refractivity contribution in [2.75, 3.05) is 19.7 Å². The third-order valence-electron chi connectivity index (χ3n) is 2.71. The molecule has 1 rings (SSSR count). The fourth-order valence-corrected chi connectivity index (χ4v) is 1.69. The van der Waals surface area contributed by atoms with Crippen molar-refractivity contribution in [3.05, 3.63) is 0 Å². The second kappa shape index (κ2) is 5.83. The molecule has 0 saturated carbocycles. The lowest BCUT2D eigenvalue weighted by molar-refractivity contribution is -0.144. The molecule has 0 aromatic rings. The number of carbonyl (C=O) groups excluding carboxylic acids is 1. The maximum atomic E-state index is 11.6. The Labute approximate surface area is 99.3 Å². The number of hydrogen-bond acceptors (Lipinski definition) is 4. The molecule has 17 heavy (non-hydrogen) atoms. The highest BCUT2D eigenvalue weighted by atomic mass is 16.7. The highest BCUT2D eigenvalue weighted by Gasteiger charge is 2.27. The highest BCUT2D eigenvalue weighted by Crippen LogP contribution is 2.21. The zero-order chi connectivity index (χ0) is 12.9. The Morgan fingerprint density at radius 2 is 2.12 bits per heavy atom. The minimum atomic E-state index is -1.15. The first-order chi connectivity index (χ1) is 7.91. The SMILES string of the molecule is CC1(O)CCCN(C(=O)NOCC(=O)O)CC1. The van der Waals surface area contributed by atoms with E-state index in [1.165, 1.54) is 4.90 Å². The molecule has 2 amide bonds. The van der Waals surface area contributed by atoms with Gasteiger partial charge in [-0.2, -0.15) is 0 Å². The van der Waals surface area contributed by atoms with Crippen molar-refractivity contribution < 1.29 is 24.6 Å². The predicted octanol–water partition coefficient (Wildman–Crippen LogP) is -0.0509. The van der Waals surface area contributed by atoms with Gasteiger partial charge in [0.2, 0.25) is 0 Å². The second-order valence-electron chi connectivity index (χ2n) is 4.43. The van der Waals surface area contributed by atoms with Crippen LogP contribution in [0.4, 0.5) is 4.79 Å². The molecule has 0 spiro atoms. The summed E-state index contributed by atoms with van der Waals surface area (Å²) < 4.78 is 0. The van der Waals surface area contributed by atoms with Gasteiger partial charge in [-0.05, 0) is 26.2 Å². The Morgan fingerprint density at radius 3 is 2.76 bits per heavy atom. The van der Waals surface area contributed by atoms with Crippen LogP contribution in [0, 0.1) is 0 Å². The van der Waals surface area contributed by atoms with E-state index in [0.717, 1.165) is 0 Å². The van der Waals surface area contributed by atoms with Crippen LogP contribution in [0.5, 0.6) is 0 Å². The molecule has 0 aliphatic carbocycles. The maximum absolute atomic E-state index is 11.6. The smallest absolute Gasteiger partial charge is 0.341 e. The Kier molecular flexibility index (Phi) is 4.71. The minimum Gasteiger partial charge on any atom is -0.479 e. The molecule has 1 fully saturated rings. The van der Waals surface area contributed by atoms with Crippen molar-refractivity contribution >= 4 is 12.0 Å². The molecule has 1 unspecified atom stereocenters. The number of carboxylic acid groups (broad SMARTS) is 1. The predicted molar refractivity (Wildman–Crippen MR) is 58.2 cm³/mol. The first-order valence-corrected chi connectivity index (χ1v) is 5.51. The van der Waals surface area contributed by atoms with E-state index in [9.17, 15) is 14.7 Å². The number of hydroxylamine groups is 1. The van der Waals surface area contributed by atoms with E-state index in [2.05, 4.69) is 10.3 Å². The van der Waals surface area contributed by atoms with E-state index in [4.69, 9.17) is 5.11 Å². The van der Waals surface area contributed by atoms with Gasteiger partial charge in [0.25, 0.3) is 0 Å². The van der Waals surface area contributed by atoms with E-state index in [1.807, 2.05) is 0 Å². The molecular formula is C10H18N2O5. The Hall–Kier alpha value is -1.34. The number of hydrogen-bond donors (Lipinski definition) is 3. The largest absolute Gasteiger partial charge is 0.479 e. The van der Waals surface area contributed by atoms with Gasteiger partial charge in [-0.15, -0.1) is 0 Å². The third-order valence-corrected chi connectivity index (χ3v) is 2.71. The van der Waals surface area contributed by atoms with Gasteiger partial charge in [-0.25, -0.2) is 15.1 Å². The normalized spacial score (nSPS) is 25.2. The van der Waals surface area contributed by atoms with Crippen molar-refractivity contribution in [1.29, 1.82) is 0 Å². The van der Waals surface area contributed by atoms with Gasteiger partial charge in [-0.1, -0.05) is 0 Å². The van der Waals surface area contributed by atoms with Gasteiger partial charge < -0.3 is 15.1 Å². The van der Waals surface area contributed by atoms with Crippen LogP contribution >= 0.6 is 0 Å². The fourth-order valence-electron chi connectivity index (χ4n) is 1.69. The molecule has 1 heterocycles. The number of carboxylic acids is 1. The molecule has 1 aliphatic rings. The minimum absolute atomic E-state index is 0.426. The van der Waals surface area contributed by atoms with Gasteiger partial charge >= 0.3 is 12.0 Å². The number of carbonyl (C=O) groups is 2. The van der Waals surface area contributed by atoms with Crippen LogP contribution in [0.25, 0.3) is 0 Å². The van der Waals surface area contributed by atoms with Gasteiger partial charge in [0.1, 0.15) is 0 Å². The molecule has 0 radical (unpaired) electrons. The summed E-state index contributed by atoms with van der Waals surface area (Å²) in [5.41, 5.74) is 1.32. The summed E-state index contributed by atoms with van der Waals surface area (Å²) in [4.78, 5) is 27.7. The van der Waals surface area contributed by atoms with Gasteiger partial charge in [0, 0.05) is 13.1 Å². The molecule has 0 aromatic carbocycles. The summed E-state index contributed by atoms with van der Waals surface area (Å²) in [6, 6.07) is -0.469. The van der Waals surface area contributed by atoms with Crippen LogP contribution < -0.4 is 5.48 Å². The van der Waals surface area contributed by atoms with E-state index in [0.29, 0.717) is 32.4 Å². The van der Waals surface area contributed by atoms with Crippen molar-refractivity contribution in [2.45, 2.75) is 31.8 Å². The van der Waals surface area contributed by atoms with Crippen molar-refractivity contribution in [1.82, 2.24) is 10.4 Å². The monoisotopic (exact) mass is 246 g/mol. The molecule has 0 aromatic heterocycles. The topological polar surface area (TPSA) is 99.1 Å². The average molecular weight is 246 g/mol. The van der Waals surface area contributed by atoms with Crippen molar-refractivity contribution in [3.63, 3.8) is 0 Å². The van der Waals surface area contributed by atoms with Gasteiger partial charge in [0.05, 0.1) is 5.60 Å². The average Bonchev–Trinajstić information content (AvgIpc) is 2.38. The van der Waals surface area contributed by atoms with Crippen LogP contribution in [-0.2, 0) is 9.63 Å². The number of aliphatic carboxylic acids is 1. The fraction of sp³-hybridized carbons (Fsp3) is 0.800. The number of nitrogens with one attached hydrogen (secondary N) is 1. The zero-order valence-electron chi connectivity index (χ0n) is 9.81. The summed E-state index contributed by atoms with van der Waals surface area (Å²) in [6.07, 6.45) is 1.85. The Morgan fingerprint density at radius 1 is 1.41 bits per heavy atom. The molecule has 7 heteroatoms. The molecule has 1 aliphatic heterocycles. The molecule has 0 bridgehead atoms. The quantitative estimate of drug-likeness (QED) is 0.606. The Balaban J connectivity index is 2.34. The number of amides is 2. The van der Waals surface area contributed by atoms with Crippen molar-refractivity contribution in [2.24, 2.45) is 0 Å². The van der Waals surface area contributed by atoms with Crippen LogP contribution in [0.3, 0.4) is 0 Å². The highest BCUT2D eigenvalue weighted by molar-refractivity contribution is 5.73. The van der Waals surface area contributed by atoms with Crippen LogP contribution in [-0.4, -0.2) is 52.4 Å². The molecular weight excluding hydrogens is 228 g/mol.